The normalized spacial score (nSPS) is 10.2. The molecule has 0 atom stereocenters. The lowest BCUT2D eigenvalue weighted by molar-refractivity contribution is 0.415. The lowest BCUT2D eigenvalue weighted by Crippen LogP contribution is -1.87. The topological polar surface area (TPSA) is 9.23 Å². The van der Waals surface area contributed by atoms with Crippen molar-refractivity contribution in [3.63, 3.8) is 0 Å². The minimum Gasteiger partial charge on any atom is -0.495 e. The number of methoxy groups -OCH3 is 1. The first kappa shape index (κ1) is 11.0. The molecule has 2 rings (SSSR count). The van der Waals surface area contributed by atoms with Gasteiger partial charge in [0.2, 0.25) is 0 Å². The molecule has 0 heterocycles. The van der Waals surface area contributed by atoms with Crippen LogP contribution in [0.15, 0.2) is 42.5 Å². The molecule has 0 amide bonds. The van der Waals surface area contributed by atoms with Gasteiger partial charge in [0.15, 0.2) is 0 Å². The SMILES string of the molecule is COc1cc(-c2ccccc2C)ccc1Cl. The molecule has 2 aromatic rings. The van der Waals surface area contributed by atoms with Crippen LogP contribution in [0.3, 0.4) is 0 Å². The van der Waals surface area contributed by atoms with Crippen LogP contribution >= 0.6 is 11.6 Å². The Balaban J connectivity index is 2.53. The number of hydrogen-bond acceptors (Lipinski definition) is 1. The van der Waals surface area contributed by atoms with Gasteiger partial charge in [0, 0.05) is 0 Å². The smallest absolute Gasteiger partial charge is 0.138 e. The number of rotatable bonds is 2. The summed E-state index contributed by atoms with van der Waals surface area (Å²) in [7, 11) is 1.63. The largest absolute Gasteiger partial charge is 0.495 e. The highest BCUT2D eigenvalue weighted by Gasteiger charge is 2.05. The summed E-state index contributed by atoms with van der Waals surface area (Å²) < 4.78 is 5.22. The van der Waals surface area contributed by atoms with Crippen LogP contribution in [0.2, 0.25) is 5.02 Å². The van der Waals surface area contributed by atoms with Crippen molar-refractivity contribution >= 4 is 11.6 Å². The molecule has 82 valence electrons. The molecule has 0 N–H and O–H groups in total. The Bertz CT molecular complexity index is 506. The molecule has 0 aliphatic rings. The predicted molar refractivity (Wildman–Crippen MR) is 68.2 cm³/mol. The van der Waals surface area contributed by atoms with Gasteiger partial charge >= 0.3 is 0 Å². The highest BCUT2D eigenvalue weighted by Crippen LogP contribution is 2.31. The number of ether oxygens (including phenoxy) is 1. The van der Waals surface area contributed by atoms with Crippen molar-refractivity contribution < 1.29 is 4.74 Å². The van der Waals surface area contributed by atoms with Gasteiger partial charge in [0.25, 0.3) is 0 Å². The lowest BCUT2D eigenvalue weighted by Gasteiger charge is -2.08. The summed E-state index contributed by atoms with van der Waals surface area (Å²) in [4.78, 5) is 0. The molecule has 0 bridgehead atoms. The summed E-state index contributed by atoms with van der Waals surface area (Å²) >= 11 is 6.00. The van der Waals surface area contributed by atoms with E-state index in [2.05, 4.69) is 19.1 Å². The van der Waals surface area contributed by atoms with E-state index in [-0.39, 0.29) is 0 Å². The maximum atomic E-state index is 6.00. The van der Waals surface area contributed by atoms with Gasteiger partial charge in [0.05, 0.1) is 12.1 Å². The molecule has 0 aliphatic carbocycles. The van der Waals surface area contributed by atoms with Gasteiger partial charge in [-0.05, 0) is 35.7 Å². The molecule has 1 nitrogen and oxygen atoms in total. The molecular weight excluding hydrogens is 220 g/mol. The number of benzene rings is 2. The number of hydrogen-bond donors (Lipinski definition) is 0. The molecule has 0 saturated heterocycles. The highest BCUT2D eigenvalue weighted by atomic mass is 35.5. The summed E-state index contributed by atoms with van der Waals surface area (Å²) in [5.41, 5.74) is 3.57. The fourth-order valence-corrected chi connectivity index (χ4v) is 1.92. The highest BCUT2D eigenvalue weighted by molar-refractivity contribution is 6.32. The zero-order valence-electron chi connectivity index (χ0n) is 9.33. The lowest BCUT2D eigenvalue weighted by atomic mass is 10.0. The first-order valence-corrected chi connectivity index (χ1v) is 5.49. The Morgan fingerprint density at radius 2 is 1.81 bits per heavy atom. The molecular formula is C14H13ClO. The zero-order chi connectivity index (χ0) is 11.5. The third-order valence-corrected chi connectivity index (χ3v) is 2.92. The van der Waals surface area contributed by atoms with Gasteiger partial charge < -0.3 is 4.74 Å². The van der Waals surface area contributed by atoms with Crippen molar-refractivity contribution in [1.82, 2.24) is 0 Å². The van der Waals surface area contributed by atoms with Crippen molar-refractivity contribution in [2.24, 2.45) is 0 Å². The average molecular weight is 233 g/mol. The van der Waals surface area contributed by atoms with Crippen LogP contribution in [0.1, 0.15) is 5.56 Å². The molecule has 0 radical (unpaired) electrons. The van der Waals surface area contributed by atoms with Crippen LogP contribution in [0.25, 0.3) is 11.1 Å². The van der Waals surface area contributed by atoms with Gasteiger partial charge in [0.1, 0.15) is 5.75 Å². The van der Waals surface area contributed by atoms with E-state index in [0.29, 0.717) is 10.8 Å². The number of halogens is 1. The van der Waals surface area contributed by atoms with E-state index in [1.165, 1.54) is 11.1 Å². The molecule has 0 spiro atoms. The van der Waals surface area contributed by atoms with E-state index >= 15 is 0 Å². The summed E-state index contributed by atoms with van der Waals surface area (Å²) in [6.07, 6.45) is 0. The molecule has 0 unspecified atom stereocenters. The van der Waals surface area contributed by atoms with Crippen LogP contribution in [-0.2, 0) is 0 Å². The Hall–Kier alpha value is -1.47. The van der Waals surface area contributed by atoms with Crippen molar-refractivity contribution in [2.45, 2.75) is 6.92 Å². The van der Waals surface area contributed by atoms with Crippen LogP contribution in [0.5, 0.6) is 5.75 Å². The van der Waals surface area contributed by atoms with Crippen LogP contribution < -0.4 is 4.74 Å². The van der Waals surface area contributed by atoms with E-state index in [9.17, 15) is 0 Å². The van der Waals surface area contributed by atoms with Gasteiger partial charge in [-0.1, -0.05) is 41.9 Å². The fraction of sp³-hybridized carbons (Fsp3) is 0.143. The fourth-order valence-electron chi connectivity index (χ4n) is 1.72. The second-order valence-electron chi connectivity index (χ2n) is 3.66. The summed E-state index contributed by atoms with van der Waals surface area (Å²) in [6.45, 7) is 2.09. The molecule has 0 aliphatic heterocycles. The number of aryl methyl sites for hydroxylation is 1. The van der Waals surface area contributed by atoms with Crippen molar-refractivity contribution in [1.29, 1.82) is 0 Å². The second-order valence-corrected chi connectivity index (χ2v) is 4.07. The van der Waals surface area contributed by atoms with Crippen LogP contribution in [-0.4, -0.2) is 7.11 Å². The van der Waals surface area contributed by atoms with Crippen molar-refractivity contribution in [3.8, 4) is 16.9 Å². The first-order chi connectivity index (χ1) is 7.72. The average Bonchev–Trinajstić information content (AvgIpc) is 2.31. The van der Waals surface area contributed by atoms with E-state index in [1.54, 1.807) is 7.11 Å². The van der Waals surface area contributed by atoms with Crippen LogP contribution in [0.4, 0.5) is 0 Å². The quantitative estimate of drug-likeness (QED) is 0.749. The Morgan fingerprint density at radius 3 is 2.50 bits per heavy atom. The van der Waals surface area contributed by atoms with Gasteiger partial charge in [-0.25, -0.2) is 0 Å². The predicted octanol–water partition coefficient (Wildman–Crippen LogP) is 4.32. The molecule has 0 saturated carbocycles. The van der Waals surface area contributed by atoms with Crippen molar-refractivity contribution in [3.05, 3.63) is 53.1 Å². The maximum Gasteiger partial charge on any atom is 0.138 e. The van der Waals surface area contributed by atoms with Gasteiger partial charge in [-0.15, -0.1) is 0 Å². The molecule has 2 aromatic carbocycles. The van der Waals surface area contributed by atoms with E-state index in [4.69, 9.17) is 16.3 Å². The molecule has 16 heavy (non-hydrogen) atoms. The zero-order valence-corrected chi connectivity index (χ0v) is 10.1. The molecule has 0 aromatic heterocycles. The van der Waals surface area contributed by atoms with E-state index in [1.807, 2.05) is 30.3 Å². The standard InChI is InChI=1S/C14H13ClO/c1-10-5-3-4-6-12(10)11-7-8-13(15)14(9-11)16-2/h3-9H,1-2H3. The van der Waals surface area contributed by atoms with Crippen molar-refractivity contribution in [2.75, 3.05) is 7.11 Å². The first-order valence-electron chi connectivity index (χ1n) is 5.12. The second kappa shape index (κ2) is 4.58. The van der Waals surface area contributed by atoms with Gasteiger partial charge in [-0.2, -0.15) is 0 Å². The Morgan fingerprint density at radius 1 is 1.06 bits per heavy atom. The van der Waals surface area contributed by atoms with E-state index in [0.717, 1.165) is 5.56 Å². The Kier molecular flexibility index (Phi) is 3.16. The van der Waals surface area contributed by atoms with Crippen LogP contribution in [0, 0.1) is 6.92 Å². The molecule has 2 heteroatoms. The minimum atomic E-state index is 0.639. The molecule has 0 fully saturated rings. The minimum absolute atomic E-state index is 0.639. The summed E-state index contributed by atoms with van der Waals surface area (Å²) in [6, 6.07) is 14.1. The monoisotopic (exact) mass is 232 g/mol. The third kappa shape index (κ3) is 2.05. The third-order valence-electron chi connectivity index (χ3n) is 2.61. The Labute approximate surface area is 101 Å². The summed E-state index contributed by atoms with van der Waals surface area (Å²) in [5.74, 6) is 0.711. The van der Waals surface area contributed by atoms with Gasteiger partial charge in [-0.3, -0.25) is 0 Å². The maximum absolute atomic E-state index is 6.00. The van der Waals surface area contributed by atoms with E-state index < -0.39 is 0 Å². The summed E-state index contributed by atoms with van der Waals surface area (Å²) in [5, 5.41) is 0.639.